The summed E-state index contributed by atoms with van der Waals surface area (Å²) in [5.41, 5.74) is 11.0. The van der Waals surface area contributed by atoms with E-state index < -0.39 is 5.97 Å². The minimum atomic E-state index is -0.505. The Balaban J connectivity index is 1.62. The molecule has 3 N–H and O–H groups in total. The summed E-state index contributed by atoms with van der Waals surface area (Å²) in [7, 11) is 5.07. The quantitative estimate of drug-likeness (QED) is 0.156. The second-order valence-corrected chi connectivity index (χ2v) is 7.59. The van der Waals surface area contributed by atoms with Gasteiger partial charge in [-0.3, -0.25) is 5.01 Å². The second-order valence-electron chi connectivity index (χ2n) is 7.59. The SMILES string of the molecule is COC(=O)C(=NN(C)c1ccc(Nc2ccc(N)cc2)cc1)c1ccc2ccccc2[n+]1C. The molecular weight excluding hydrogens is 414 g/mol. The number of aryl methyl sites for hydroxylation is 1. The fourth-order valence-electron chi connectivity index (χ4n) is 3.58. The highest BCUT2D eigenvalue weighted by Gasteiger charge is 2.26. The van der Waals surface area contributed by atoms with Crippen LogP contribution >= 0.6 is 0 Å². The van der Waals surface area contributed by atoms with Crippen LogP contribution in [0.3, 0.4) is 0 Å². The van der Waals surface area contributed by atoms with Crippen molar-refractivity contribution in [1.82, 2.24) is 0 Å². The van der Waals surface area contributed by atoms with Gasteiger partial charge >= 0.3 is 5.97 Å². The summed E-state index contributed by atoms with van der Waals surface area (Å²) in [6, 6.07) is 27.1. The number of aromatic nitrogens is 1. The predicted molar refractivity (Wildman–Crippen MR) is 133 cm³/mol. The molecule has 4 rings (SSSR count). The fourth-order valence-corrected chi connectivity index (χ4v) is 3.58. The van der Waals surface area contributed by atoms with Crippen molar-refractivity contribution in [3.63, 3.8) is 0 Å². The molecule has 0 radical (unpaired) electrons. The molecule has 7 nitrogen and oxygen atoms in total. The zero-order valence-corrected chi connectivity index (χ0v) is 18.8. The van der Waals surface area contributed by atoms with E-state index in [1.807, 2.05) is 96.5 Å². The lowest BCUT2D eigenvalue weighted by Crippen LogP contribution is -2.40. The largest absolute Gasteiger partial charge is 0.464 e. The van der Waals surface area contributed by atoms with Crippen molar-refractivity contribution in [2.24, 2.45) is 12.1 Å². The van der Waals surface area contributed by atoms with Crippen molar-refractivity contribution in [2.75, 3.05) is 30.2 Å². The Morgan fingerprint density at radius 2 is 1.58 bits per heavy atom. The highest BCUT2D eigenvalue weighted by atomic mass is 16.5. The summed E-state index contributed by atoms with van der Waals surface area (Å²) >= 11 is 0. The minimum absolute atomic E-state index is 0.220. The predicted octanol–water partition coefficient (Wildman–Crippen LogP) is 4.00. The molecule has 1 aromatic heterocycles. The van der Waals surface area contributed by atoms with Crippen LogP contribution in [-0.2, 0) is 16.6 Å². The van der Waals surface area contributed by atoms with Crippen LogP contribution in [0.4, 0.5) is 22.7 Å². The Morgan fingerprint density at radius 1 is 0.939 bits per heavy atom. The van der Waals surface area contributed by atoms with Crippen LogP contribution in [0, 0.1) is 0 Å². The molecule has 0 aliphatic rings. The molecule has 0 fully saturated rings. The van der Waals surface area contributed by atoms with E-state index >= 15 is 0 Å². The van der Waals surface area contributed by atoms with Gasteiger partial charge in [-0.05, 0) is 60.7 Å². The molecule has 0 spiro atoms. The Morgan fingerprint density at radius 3 is 2.24 bits per heavy atom. The van der Waals surface area contributed by atoms with Gasteiger partial charge in [0, 0.05) is 41.6 Å². The van der Waals surface area contributed by atoms with E-state index in [0.717, 1.165) is 33.7 Å². The van der Waals surface area contributed by atoms with Crippen LogP contribution in [0.15, 0.2) is 90.0 Å². The monoisotopic (exact) mass is 440 g/mol. The molecule has 0 unspecified atom stereocenters. The number of pyridine rings is 1. The molecular formula is C26H26N5O2+. The van der Waals surface area contributed by atoms with E-state index in [-0.39, 0.29) is 5.71 Å². The van der Waals surface area contributed by atoms with Gasteiger partial charge in [-0.1, -0.05) is 12.1 Å². The van der Waals surface area contributed by atoms with Gasteiger partial charge < -0.3 is 15.8 Å². The number of hydrazone groups is 1. The lowest BCUT2D eigenvalue weighted by Gasteiger charge is -2.16. The van der Waals surface area contributed by atoms with Gasteiger partial charge in [-0.2, -0.15) is 9.67 Å². The third-order valence-electron chi connectivity index (χ3n) is 5.39. The number of hydrogen-bond acceptors (Lipinski definition) is 6. The molecule has 7 heteroatoms. The number of nitrogens with one attached hydrogen (secondary N) is 1. The number of para-hydroxylation sites is 1. The molecule has 3 aromatic carbocycles. The summed E-state index contributed by atoms with van der Waals surface area (Å²) in [5.74, 6) is -0.505. The zero-order chi connectivity index (χ0) is 23.4. The van der Waals surface area contributed by atoms with Crippen molar-refractivity contribution in [3.05, 3.63) is 90.6 Å². The first-order valence-electron chi connectivity index (χ1n) is 10.5. The molecule has 0 bridgehead atoms. The first-order chi connectivity index (χ1) is 16.0. The van der Waals surface area contributed by atoms with Crippen LogP contribution in [0.5, 0.6) is 0 Å². The molecule has 0 saturated carbocycles. The molecule has 0 atom stereocenters. The highest BCUT2D eigenvalue weighted by molar-refractivity contribution is 6.42. The maximum absolute atomic E-state index is 12.6. The van der Waals surface area contributed by atoms with E-state index in [4.69, 9.17) is 10.5 Å². The molecule has 0 amide bonds. The second kappa shape index (κ2) is 9.40. The van der Waals surface area contributed by atoms with Crippen molar-refractivity contribution in [1.29, 1.82) is 0 Å². The average molecular weight is 441 g/mol. The van der Waals surface area contributed by atoms with Gasteiger partial charge in [-0.15, -0.1) is 0 Å². The molecule has 166 valence electrons. The van der Waals surface area contributed by atoms with E-state index in [9.17, 15) is 4.79 Å². The number of hydrogen-bond donors (Lipinski definition) is 2. The Kier molecular flexibility index (Phi) is 6.22. The van der Waals surface area contributed by atoms with Crippen molar-refractivity contribution < 1.29 is 14.1 Å². The Labute approximate surface area is 192 Å². The highest BCUT2D eigenvalue weighted by Crippen LogP contribution is 2.22. The summed E-state index contributed by atoms with van der Waals surface area (Å²) in [5, 5.41) is 10.7. The van der Waals surface area contributed by atoms with Gasteiger partial charge in [0.15, 0.2) is 0 Å². The van der Waals surface area contributed by atoms with Crippen molar-refractivity contribution in [3.8, 4) is 0 Å². The van der Waals surface area contributed by atoms with Gasteiger partial charge in [-0.25, -0.2) is 4.79 Å². The van der Waals surface area contributed by atoms with Crippen LogP contribution < -0.4 is 20.6 Å². The number of benzene rings is 3. The number of ether oxygens (including phenoxy) is 1. The third-order valence-corrected chi connectivity index (χ3v) is 5.39. The Bertz CT molecular complexity index is 1320. The molecule has 0 saturated heterocycles. The number of nitrogen functional groups attached to an aromatic ring is 1. The average Bonchev–Trinajstić information content (AvgIpc) is 2.84. The van der Waals surface area contributed by atoms with E-state index in [0.29, 0.717) is 5.69 Å². The standard InChI is InChI=1S/C26H25N5O2/c1-30-23-7-5-4-6-18(23)8-17-24(30)25(26(32)33-3)29-31(2)22-15-13-21(14-16-22)28-20-11-9-19(27)10-12-20/h4-17,27,29H,1-3H3/p+1. The van der Waals surface area contributed by atoms with Crippen LogP contribution in [0.2, 0.25) is 0 Å². The topological polar surface area (TPSA) is 83.8 Å². The van der Waals surface area contributed by atoms with Crippen LogP contribution in [0.25, 0.3) is 10.9 Å². The number of carbonyl (C=O) groups is 1. The van der Waals surface area contributed by atoms with Crippen molar-refractivity contribution in [2.45, 2.75) is 0 Å². The summed E-state index contributed by atoms with van der Waals surface area (Å²) in [4.78, 5) is 12.6. The van der Waals surface area contributed by atoms with Gasteiger partial charge in [0.25, 0.3) is 0 Å². The molecule has 0 aliphatic carbocycles. The number of methoxy groups -OCH3 is 1. The van der Waals surface area contributed by atoms with Crippen LogP contribution in [-0.4, -0.2) is 25.8 Å². The number of nitrogens with two attached hydrogens (primary N) is 1. The summed E-state index contributed by atoms with van der Waals surface area (Å²) in [6.45, 7) is 0. The summed E-state index contributed by atoms with van der Waals surface area (Å²) < 4.78 is 6.98. The number of esters is 1. The lowest BCUT2D eigenvalue weighted by molar-refractivity contribution is -0.646. The van der Waals surface area contributed by atoms with Crippen molar-refractivity contribution >= 4 is 45.3 Å². The maximum Gasteiger partial charge on any atom is 0.365 e. The number of rotatable bonds is 6. The normalized spacial score (nSPS) is 11.3. The van der Waals surface area contributed by atoms with Gasteiger partial charge in [0.05, 0.1) is 12.8 Å². The molecule has 33 heavy (non-hydrogen) atoms. The first-order valence-corrected chi connectivity index (χ1v) is 10.5. The van der Waals surface area contributed by atoms with E-state index in [1.165, 1.54) is 7.11 Å². The third kappa shape index (κ3) is 4.77. The van der Waals surface area contributed by atoms with E-state index in [2.05, 4.69) is 10.4 Å². The smallest absolute Gasteiger partial charge is 0.365 e. The number of fused-ring (bicyclic) bond motifs is 1. The number of nitrogens with zero attached hydrogens (tertiary/aromatic N) is 3. The minimum Gasteiger partial charge on any atom is -0.464 e. The maximum atomic E-state index is 12.6. The Hall–Kier alpha value is -4.39. The molecule has 1 heterocycles. The first kappa shape index (κ1) is 21.8. The molecule has 4 aromatic rings. The van der Waals surface area contributed by atoms with Crippen LogP contribution in [0.1, 0.15) is 5.69 Å². The lowest BCUT2D eigenvalue weighted by atomic mass is 10.1. The van der Waals surface area contributed by atoms with Gasteiger partial charge in [0.2, 0.25) is 16.9 Å². The zero-order valence-electron chi connectivity index (χ0n) is 18.8. The van der Waals surface area contributed by atoms with E-state index in [1.54, 1.807) is 12.1 Å². The molecule has 0 aliphatic heterocycles. The number of carbonyl (C=O) groups excluding carboxylic acids is 1. The fraction of sp³-hybridized carbons (Fsp3) is 0.115. The number of anilines is 4. The van der Waals surface area contributed by atoms with Gasteiger partial charge in [0.1, 0.15) is 7.05 Å². The summed E-state index contributed by atoms with van der Waals surface area (Å²) in [6.07, 6.45) is 0.